The van der Waals surface area contributed by atoms with E-state index in [0.29, 0.717) is 5.88 Å². The average molecular weight is 304 g/mol. The zero-order chi connectivity index (χ0) is 14.8. The molecule has 2 saturated heterocycles. The molecule has 1 aromatic carbocycles. The van der Waals surface area contributed by atoms with Gasteiger partial charge < -0.3 is 9.80 Å². The Hall–Kier alpha value is -1.49. The SMILES string of the molecule is C[C@@H](CCc1ccccc1)N1CC(=O)N2CSC[C@H]2C1=O. The van der Waals surface area contributed by atoms with Crippen LogP contribution in [-0.4, -0.2) is 51.9 Å². The van der Waals surface area contributed by atoms with Crippen molar-refractivity contribution in [3.05, 3.63) is 35.9 Å². The minimum absolute atomic E-state index is 0.0937. The minimum atomic E-state index is -0.226. The molecule has 0 N–H and O–H groups in total. The summed E-state index contributed by atoms with van der Waals surface area (Å²) in [6.07, 6.45) is 1.83. The number of hydrogen-bond acceptors (Lipinski definition) is 3. The van der Waals surface area contributed by atoms with E-state index in [1.807, 2.05) is 25.1 Å². The molecule has 2 aliphatic heterocycles. The van der Waals surface area contributed by atoms with Crippen molar-refractivity contribution < 1.29 is 9.59 Å². The van der Waals surface area contributed by atoms with Gasteiger partial charge in [0, 0.05) is 11.8 Å². The fraction of sp³-hybridized carbons (Fsp3) is 0.500. The zero-order valence-corrected chi connectivity index (χ0v) is 13.0. The standard InChI is InChI=1S/C16H20N2O2S/c1-12(7-8-13-5-3-2-4-6-13)17-9-15(19)18-11-21-10-14(18)16(17)20/h2-6,12,14H,7-11H2,1H3/t12-,14-/m0/s1. The average Bonchev–Trinajstić information content (AvgIpc) is 3.00. The Morgan fingerprint density at radius 3 is 2.81 bits per heavy atom. The number of thioether (sulfide) groups is 1. The molecule has 21 heavy (non-hydrogen) atoms. The van der Waals surface area contributed by atoms with Gasteiger partial charge in [0.05, 0.1) is 5.88 Å². The maximum absolute atomic E-state index is 12.5. The lowest BCUT2D eigenvalue weighted by molar-refractivity contribution is -0.155. The van der Waals surface area contributed by atoms with E-state index < -0.39 is 0 Å². The largest absolute Gasteiger partial charge is 0.329 e. The summed E-state index contributed by atoms with van der Waals surface area (Å²) in [6, 6.07) is 10.2. The highest BCUT2D eigenvalue weighted by Crippen LogP contribution is 2.27. The van der Waals surface area contributed by atoms with Gasteiger partial charge in [-0.3, -0.25) is 9.59 Å². The number of nitrogens with zero attached hydrogens (tertiary/aromatic N) is 2. The van der Waals surface area contributed by atoms with Gasteiger partial charge in [-0.15, -0.1) is 11.8 Å². The molecule has 3 rings (SSSR count). The zero-order valence-electron chi connectivity index (χ0n) is 12.2. The summed E-state index contributed by atoms with van der Waals surface area (Å²) in [6.45, 7) is 2.29. The summed E-state index contributed by atoms with van der Waals surface area (Å²) >= 11 is 1.67. The van der Waals surface area contributed by atoms with Crippen molar-refractivity contribution in [3.63, 3.8) is 0 Å². The van der Waals surface area contributed by atoms with E-state index in [-0.39, 0.29) is 30.4 Å². The maximum Gasteiger partial charge on any atom is 0.246 e. The molecule has 2 atom stereocenters. The van der Waals surface area contributed by atoms with E-state index in [1.54, 1.807) is 21.6 Å². The third-order valence-corrected chi connectivity index (χ3v) is 5.31. The Bertz CT molecular complexity index is 534. The minimum Gasteiger partial charge on any atom is -0.329 e. The van der Waals surface area contributed by atoms with E-state index >= 15 is 0 Å². The fourth-order valence-electron chi connectivity index (χ4n) is 2.95. The van der Waals surface area contributed by atoms with Crippen LogP contribution in [0.3, 0.4) is 0 Å². The molecule has 0 unspecified atom stereocenters. The summed E-state index contributed by atoms with van der Waals surface area (Å²) in [5, 5.41) is 0. The number of carbonyl (C=O) groups is 2. The number of amides is 2. The van der Waals surface area contributed by atoms with Crippen molar-refractivity contribution in [1.29, 1.82) is 0 Å². The third kappa shape index (κ3) is 2.93. The second-order valence-corrected chi connectivity index (χ2v) is 6.72. The Morgan fingerprint density at radius 2 is 2.05 bits per heavy atom. The van der Waals surface area contributed by atoms with Crippen molar-refractivity contribution in [1.82, 2.24) is 9.80 Å². The van der Waals surface area contributed by atoms with Gasteiger partial charge in [-0.2, -0.15) is 0 Å². The Labute approximate surface area is 129 Å². The second kappa shape index (κ2) is 6.10. The fourth-order valence-corrected chi connectivity index (χ4v) is 4.12. The van der Waals surface area contributed by atoms with E-state index in [0.717, 1.165) is 18.6 Å². The molecule has 0 aromatic heterocycles. The smallest absolute Gasteiger partial charge is 0.246 e. The van der Waals surface area contributed by atoms with Gasteiger partial charge in [0.25, 0.3) is 0 Å². The van der Waals surface area contributed by atoms with Gasteiger partial charge in [-0.1, -0.05) is 30.3 Å². The van der Waals surface area contributed by atoms with E-state index in [2.05, 4.69) is 12.1 Å². The molecule has 4 nitrogen and oxygen atoms in total. The van der Waals surface area contributed by atoms with Crippen LogP contribution in [0.15, 0.2) is 30.3 Å². The summed E-state index contributed by atoms with van der Waals surface area (Å²) in [7, 11) is 0. The predicted molar refractivity (Wildman–Crippen MR) is 83.9 cm³/mol. The topological polar surface area (TPSA) is 40.6 Å². The van der Waals surface area contributed by atoms with Crippen LogP contribution in [0, 0.1) is 0 Å². The Balaban J connectivity index is 1.63. The second-order valence-electron chi connectivity index (χ2n) is 5.72. The van der Waals surface area contributed by atoms with Crippen LogP contribution in [0.4, 0.5) is 0 Å². The number of benzene rings is 1. The molecule has 5 heteroatoms. The highest BCUT2D eigenvalue weighted by Gasteiger charge is 2.43. The molecule has 2 amide bonds. The number of rotatable bonds is 4. The van der Waals surface area contributed by atoms with E-state index in [9.17, 15) is 9.59 Å². The van der Waals surface area contributed by atoms with Crippen LogP contribution >= 0.6 is 11.8 Å². The molecule has 0 radical (unpaired) electrons. The molecule has 0 spiro atoms. The number of piperazine rings is 1. The van der Waals surface area contributed by atoms with Gasteiger partial charge >= 0.3 is 0 Å². The number of fused-ring (bicyclic) bond motifs is 1. The molecule has 0 saturated carbocycles. The van der Waals surface area contributed by atoms with Crippen molar-refractivity contribution >= 4 is 23.6 Å². The summed E-state index contributed by atoms with van der Waals surface area (Å²) in [5.74, 6) is 1.63. The molecule has 2 aliphatic rings. The Kier molecular flexibility index (Phi) is 4.19. The molecule has 2 heterocycles. The molecule has 2 fully saturated rings. The molecular weight excluding hydrogens is 284 g/mol. The summed E-state index contributed by atoms with van der Waals surface area (Å²) < 4.78 is 0. The van der Waals surface area contributed by atoms with E-state index in [4.69, 9.17) is 0 Å². The Morgan fingerprint density at radius 1 is 1.29 bits per heavy atom. The van der Waals surface area contributed by atoms with Gasteiger partial charge in [-0.05, 0) is 25.3 Å². The normalized spacial score (nSPS) is 23.4. The molecule has 1 aromatic rings. The molecule has 112 valence electrons. The molecular formula is C16H20N2O2S. The quantitative estimate of drug-likeness (QED) is 0.851. The third-order valence-electron chi connectivity index (χ3n) is 4.30. The molecule has 0 bridgehead atoms. The highest BCUT2D eigenvalue weighted by atomic mass is 32.2. The van der Waals surface area contributed by atoms with Crippen molar-refractivity contribution in [2.45, 2.75) is 31.8 Å². The molecule has 0 aliphatic carbocycles. The highest BCUT2D eigenvalue weighted by molar-refractivity contribution is 7.99. The van der Waals surface area contributed by atoms with Crippen LogP contribution < -0.4 is 0 Å². The van der Waals surface area contributed by atoms with Gasteiger partial charge in [-0.25, -0.2) is 0 Å². The first kappa shape index (κ1) is 14.4. The number of aryl methyl sites for hydroxylation is 1. The van der Waals surface area contributed by atoms with Crippen LogP contribution in [0.2, 0.25) is 0 Å². The summed E-state index contributed by atoms with van der Waals surface area (Å²) in [4.78, 5) is 28.2. The lowest BCUT2D eigenvalue weighted by atomic mass is 10.0. The first-order chi connectivity index (χ1) is 10.2. The number of hydrogen-bond donors (Lipinski definition) is 0. The monoisotopic (exact) mass is 304 g/mol. The van der Waals surface area contributed by atoms with E-state index in [1.165, 1.54) is 5.56 Å². The lowest BCUT2D eigenvalue weighted by Crippen LogP contribution is -2.60. The lowest BCUT2D eigenvalue weighted by Gasteiger charge is -2.39. The van der Waals surface area contributed by atoms with Crippen molar-refractivity contribution in [2.75, 3.05) is 18.2 Å². The van der Waals surface area contributed by atoms with Crippen LogP contribution in [-0.2, 0) is 16.0 Å². The maximum atomic E-state index is 12.5. The first-order valence-electron chi connectivity index (χ1n) is 7.38. The predicted octanol–water partition coefficient (Wildman–Crippen LogP) is 1.75. The first-order valence-corrected chi connectivity index (χ1v) is 8.54. The van der Waals surface area contributed by atoms with Crippen LogP contribution in [0.5, 0.6) is 0 Å². The van der Waals surface area contributed by atoms with Crippen LogP contribution in [0.25, 0.3) is 0 Å². The summed E-state index contributed by atoms with van der Waals surface area (Å²) in [5.41, 5.74) is 1.28. The van der Waals surface area contributed by atoms with Gasteiger partial charge in [0.15, 0.2) is 0 Å². The van der Waals surface area contributed by atoms with Crippen molar-refractivity contribution in [2.24, 2.45) is 0 Å². The van der Waals surface area contributed by atoms with Crippen molar-refractivity contribution in [3.8, 4) is 0 Å². The van der Waals surface area contributed by atoms with Gasteiger partial charge in [0.1, 0.15) is 12.6 Å². The van der Waals surface area contributed by atoms with Gasteiger partial charge in [0.2, 0.25) is 11.8 Å². The number of carbonyl (C=O) groups excluding carboxylic acids is 2. The van der Waals surface area contributed by atoms with Crippen LogP contribution in [0.1, 0.15) is 18.9 Å².